The first kappa shape index (κ1) is 22.2. The minimum atomic E-state index is -0.271. The molecule has 2 heterocycles. The molecule has 0 saturated heterocycles. The van der Waals surface area contributed by atoms with Crippen molar-refractivity contribution in [1.29, 1.82) is 0 Å². The summed E-state index contributed by atoms with van der Waals surface area (Å²) in [6.07, 6.45) is 4.66. The van der Waals surface area contributed by atoms with Crippen molar-refractivity contribution in [1.82, 2.24) is 19.9 Å². The number of thioether (sulfide) groups is 1. The highest BCUT2D eigenvalue weighted by molar-refractivity contribution is 7.98. The van der Waals surface area contributed by atoms with Crippen LogP contribution in [0.2, 0.25) is 5.02 Å². The molecule has 4 rings (SSSR count). The zero-order valence-corrected chi connectivity index (χ0v) is 19.1. The molecule has 8 heteroatoms. The Bertz CT molecular complexity index is 1200. The minimum Gasteiger partial charge on any atom is -0.482 e. The number of rotatable bonds is 9. The maximum absolute atomic E-state index is 12.7. The molecule has 0 fully saturated rings. The predicted octanol–water partition coefficient (Wildman–Crippen LogP) is 5.04. The van der Waals surface area contributed by atoms with E-state index in [1.807, 2.05) is 77.5 Å². The number of carbonyl (C=O) groups is 1. The summed E-state index contributed by atoms with van der Waals surface area (Å²) in [6.45, 7) is -0.142. The van der Waals surface area contributed by atoms with Gasteiger partial charge in [-0.05, 0) is 53.8 Å². The van der Waals surface area contributed by atoms with Gasteiger partial charge in [0.1, 0.15) is 5.75 Å². The summed E-state index contributed by atoms with van der Waals surface area (Å²) in [4.78, 5) is 12.7. The highest BCUT2D eigenvalue weighted by Gasteiger charge is 2.20. The van der Waals surface area contributed by atoms with E-state index in [-0.39, 0.29) is 18.6 Å². The third-order valence-corrected chi connectivity index (χ3v) is 5.93. The van der Waals surface area contributed by atoms with Crippen molar-refractivity contribution in [3.8, 4) is 16.9 Å². The van der Waals surface area contributed by atoms with Gasteiger partial charge in [-0.2, -0.15) is 11.8 Å². The number of nitrogens with one attached hydrogen (secondary N) is 1. The number of fused-ring (bicyclic) bond motifs is 1. The number of hydrogen-bond acceptors (Lipinski definition) is 5. The fourth-order valence-corrected chi connectivity index (χ4v) is 4.11. The summed E-state index contributed by atoms with van der Waals surface area (Å²) in [5.41, 5.74) is 2.80. The molecule has 1 amide bonds. The van der Waals surface area contributed by atoms with Crippen LogP contribution in [0.4, 0.5) is 0 Å². The van der Waals surface area contributed by atoms with E-state index in [0.29, 0.717) is 16.6 Å². The van der Waals surface area contributed by atoms with Gasteiger partial charge in [0.15, 0.2) is 18.1 Å². The molecule has 4 aromatic rings. The van der Waals surface area contributed by atoms with E-state index < -0.39 is 0 Å². The van der Waals surface area contributed by atoms with Gasteiger partial charge in [0, 0.05) is 6.20 Å². The highest BCUT2D eigenvalue weighted by Crippen LogP contribution is 2.30. The smallest absolute Gasteiger partial charge is 0.258 e. The molecular formula is C24H23ClN4O2S. The Kier molecular flexibility index (Phi) is 7.29. The molecule has 0 aliphatic carbocycles. The second-order valence-corrected chi connectivity index (χ2v) is 8.58. The predicted molar refractivity (Wildman–Crippen MR) is 129 cm³/mol. The SMILES string of the molecule is CSCC[C@H](NC(=O)COc1ccc(-c2ccccc2)cc1Cl)c1nnc2ccccn12. The van der Waals surface area contributed by atoms with E-state index in [1.54, 1.807) is 17.8 Å². The van der Waals surface area contributed by atoms with Gasteiger partial charge in [0.25, 0.3) is 5.91 Å². The molecule has 0 spiro atoms. The molecule has 0 aliphatic heterocycles. The third kappa shape index (κ3) is 5.23. The van der Waals surface area contributed by atoms with Crippen LogP contribution < -0.4 is 10.1 Å². The van der Waals surface area contributed by atoms with Crippen LogP contribution in [0.3, 0.4) is 0 Å². The van der Waals surface area contributed by atoms with Crippen molar-refractivity contribution in [2.24, 2.45) is 0 Å². The number of benzene rings is 2. The number of halogens is 1. The van der Waals surface area contributed by atoms with Crippen LogP contribution in [-0.4, -0.2) is 39.1 Å². The average molecular weight is 467 g/mol. The van der Waals surface area contributed by atoms with Crippen LogP contribution in [0.25, 0.3) is 16.8 Å². The topological polar surface area (TPSA) is 68.5 Å². The van der Waals surface area contributed by atoms with Crippen LogP contribution in [0, 0.1) is 0 Å². The minimum absolute atomic E-state index is 0.142. The molecule has 1 N–H and O–H groups in total. The maximum Gasteiger partial charge on any atom is 0.258 e. The van der Waals surface area contributed by atoms with Gasteiger partial charge in [0.05, 0.1) is 11.1 Å². The lowest BCUT2D eigenvalue weighted by Crippen LogP contribution is -2.34. The fourth-order valence-electron chi connectivity index (χ4n) is 3.41. The quantitative estimate of drug-likeness (QED) is 0.374. The number of ether oxygens (including phenoxy) is 1. The molecule has 0 aliphatic rings. The molecule has 2 aromatic carbocycles. The monoisotopic (exact) mass is 466 g/mol. The molecule has 32 heavy (non-hydrogen) atoms. The van der Waals surface area contributed by atoms with Crippen molar-refractivity contribution >= 4 is 34.9 Å². The Balaban J connectivity index is 1.42. The second kappa shape index (κ2) is 10.5. The summed E-state index contributed by atoms with van der Waals surface area (Å²) < 4.78 is 7.60. The molecule has 0 saturated carbocycles. The largest absolute Gasteiger partial charge is 0.482 e. The number of nitrogens with zero attached hydrogens (tertiary/aromatic N) is 3. The van der Waals surface area contributed by atoms with Gasteiger partial charge in [-0.15, -0.1) is 10.2 Å². The van der Waals surface area contributed by atoms with Crippen molar-refractivity contribution in [2.75, 3.05) is 18.6 Å². The second-order valence-electron chi connectivity index (χ2n) is 7.19. The highest BCUT2D eigenvalue weighted by atomic mass is 35.5. The molecule has 0 radical (unpaired) electrons. The lowest BCUT2D eigenvalue weighted by Gasteiger charge is -2.17. The summed E-state index contributed by atoms with van der Waals surface area (Å²) in [7, 11) is 0. The Morgan fingerprint density at radius 3 is 2.69 bits per heavy atom. The first-order chi connectivity index (χ1) is 15.7. The van der Waals surface area contributed by atoms with Gasteiger partial charge in [0.2, 0.25) is 0 Å². The van der Waals surface area contributed by atoms with Gasteiger partial charge in [-0.1, -0.05) is 54.1 Å². The summed E-state index contributed by atoms with van der Waals surface area (Å²) in [5, 5.41) is 12.0. The van der Waals surface area contributed by atoms with E-state index in [0.717, 1.165) is 28.9 Å². The number of pyridine rings is 1. The third-order valence-electron chi connectivity index (χ3n) is 5.00. The van der Waals surface area contributed by atoms with Crippen molar-refractivity contribution < 1.29 is 9.53 Å². The first-order valence-corrected chi connectivity index (χ1v) is 12.0. The Morgan fingerprint density at radius 2 is 1.91 bits per heavy atom. The average Bonchev–Trinajstić information content (AvgIpc) is 3.25. The lowest BCUT2D eigenvalue weighted by atomic mass is 10.1. The standard InChI is InChI=1S/C24H23ClN4O2S/c1-32-14-12-20(24-28-27-22-9-5-6-13-29(22)24)26-23(30)16-31-21-11-10-18(15-19(21)25)17-7-3-2-4-8-17/h2-11,13,15,20H,12,14,16H2,1H3,(H,26,30)/t20-/m0/s1. The lowest BCUT2D eigenvalue weighted by molar-refractivity contribution is -0.123. The molecule has 0 unspecified atom stereocenters. The van der Waals surface area contributed by atoms with Crippen LogP contribution in [0.5, 0.6) is 5.75 Å². The number of amides is 1. The fraction of sp³-hybridized carbons (Fsp3) is 0.208. The van der Waals surface area contributed by atoms with Crippen LogP contribution in [0.15, 0.2) is 72.9 Å². The molecular weight excluding hydrogens is 444 g/mol. The molecule has 164 valence electrons. The maximum atomic E-state index is 12.7. The van der Waals surface area contributed by atoms with Crippen molar-refractivity contribution in [2.45, 2.75) is 12.5 Å². The normalized spacial score (nSPS) is 11.9. The summed E-state index contributed by atoms with van der Waals surface area (Å²) >= 11 is 8.12. The van der Waals surface area contributed by atoms with Gasteiger partial charge < -0.3 is 10.1 Å². The molecule has 0 bridgehead atoms. The van der Waals surface area contributed by atoms with E-state index >= 15 is 0 Å². The first-order valence-electron chi connectivity index (χ1n) is 10.2. The molecule has 2 aromatic heterocycles. The Morgan fingerprint density at radius 1 is 1.09 bits per heavy atom. The molecule has 1 atom stereocenters. The zero-order valence-electron chi connectivity index (χ0n) is 17.6. The van der Waals surface area contributed by atoms with Gasteiger partial charge in [-0.25, -0.2) is 0 Å². The Labute approximate surface area is 196 Å². The van der Waals surface area contributed by atoms with Crippen LogP contribution in [0.1, 0.15) is 18.3 Å². The van der Waals surface area contributed by atoms with E-state index in [1.165, 1.54) is 0 Å². The van der Waals surface area contributed by atoms with Crippen molar-refractivity contribution in [3.05, 3.63) is 83.8 Å². The van der Waals surface area contributed by atoms with E-state index in [4.69, 9.17) is 16.3 Å². The van der Waals surface area contributed by atoms with Crippen LogP contribution >= 0.6 is 23.4 Å². The number of hydrogen-bond donors (Lipinski definition) is 1. The van der Waals surface area contributed by atoms with Crippen LogP contribution in [-0.2, 0) is 4.79 Å². The number of carbonyl (C=O) groups excluding carboxylic acids is 1. The van der Waals surface area contributed by atoms with Crippen molar-refractivity contribution in [3.63, 3.8) is 0 Å². The van der Waals surface area contributed by atoms with Gasteiger partial charge >= 0.3 is 0 Å². The zero-order chi connectivity index (χ0) is 22.3. The molecule has 6 nitrogen and oxygen atoms in total. The van der Waals surface area contributed by atoms with Gasteiger partial charge in [-0.3, -0.25) is 9.20 Å². The van der Waals surface area contributed by atoms with E-state index in [2.05, 4.69) is 15.5 Å². The Hall–Kier alpha value is -3.03. The number of aromatic nitrogens is 3. The summed E-state index contributed by atoms with van der Waals surface area (Å²) in [5.74, 6) is 1.80. The van der Waals surface area contributed by atoms with E-state index in [9.17, 15) is 4.79 Å². The summed E-state index contributed by atoms with van der Waals surface area (Å²) in [6, 6.07) is 20.9.